The second kappa shape index (κ2) is 7.35. The summed E-state index contributed by atoms with van der Waals surface area (Å²) in [7, 11) is 1.82. The van der Waals surface area contributed by atoms with E-state index < -0.39 is 0 Å². The molecular formula is C23H23NO. The first-order valence-electron chi connectivity index (χ1n) is 8.62. The Hall–Kier alpha value is -2.87. The highest BCUT2D eigenvalue weighted by atomic mass is 16.2. The number of carbonyl (C=O) groups is 1. The van der Waals surface area contributed by atoms with E-state index in [1.54, 1.807) is 4.90 Å². The molecule has 25 heavy (non-hydrogen) atoms. The van der Waals surface area contributed by atoms with Crippen LogP contribution in [0, 0.1) is 6.92 Å². The van der Waals surface area contributed by atoms with Crippen molar-refractivity contribution in [2.45, 2.75) is 20.3 Å². The van der Waals surface area contributed by atoms with Gasteiger partial charge < -0.3 is 4.90 Å². The summed E-state index contributed by atoms with van der Waals surface area (Å²) in [5, 5.41) is 0. The fourth-order valence-electron chi connectivity index (χ4n) is 2.84. The first-order valence-corrected chi connectivity index (χ1v) is 8.62. The van der Waals surface area contributed by atoms with Crippen LogP contribution in [0.1, 0.15) is 28.4 Å². The number of amides is 1. The summed E-state index contributed by atoms with van der Waals surface area (Å²) in [6.45, 7) is 4.20. The Kier molecular flexibility index (Phi) is 4.99. The lowest BCUT2D eigenvalue weighted by Gasteiger charge is -2.18. The summed E-state index contributed by atoms with van der Waals surface area (Å²) in [6.07, 6.45) is 0.997. The number of benzene rings is 3. The molecule has 0 saturated carbocycles. The van der Waals surface area contributed by atoms with E-state index in [-0.39, 0.29) is 5.91 Å². The van der Waals surface area contributed by atoms with Gasteiger partial charge in [-0.05, 0) is 54.3 Å². The van der Waals surface area contributed by atoms with Crippen molar-refractivity contribution in [3.05, 3.63) is 89.5 Å². The molecule has 2 heteroatoms. The lowest BCUT2D eigenvalue weighted by molar-refractivity contribution is 0.0993. The number of anilines is 1. The first kappa shape index (κ1) is 17.0. The molecule has 0 atom stereocenters. The third kappa shape index (κ3) is 3.80. The van der Waals surface area contributed by atoms with Crippen molar-refractivity contribution in [3.63, 3.8) is 0 Å². The van der Waals surface area contributed by atoms with Gasteiger partial charge in [-0.15, -0.1) is 0 Å². The molecule has 0 fully saturated rings. The lowest BCUT2D eigenvalue weighted by Crippen LogP contribution is -2.26. The van der Waals surface area contributed by atoms with Gasteiger partial charge in [0.25, 0.3) is 5.91 Å². The van der Waals surface area contributed by atoms with E-state index >= 15 is 0 Å². The minimum atomic E-state index is -0.00166. The van der Waals surface area contributed by atoms with Crippen LogP contribution >= 0.6 is 0 Å². The van der Waals surface area contributed by atoms with Crippen LogP contribution in [0.4, 0.5) is 5.69 Å². The van der Waals surface area contributed by atoms with Crippen molar-refractivity contribution in [1.29, 1.82) is 0 Å². The van der Waals surface area contributed by atoms with Crippen molar-refractivity contribution in [3.8, 4) is 11.1 Å². The summed E-state index contributed by atoms with van der Waals surface area (Å²) in [5.41, 5.74) is 6.27. The zero-order valence-corrected chi connectivity index (χ0v) is 15.0. The Balaban J connectivity index is 1.86. The van der Waals surface area contributed by atoms with Gasteiger partial charge in [0.1, 0.15) is 0 Å². The maximum Gasteiger partial charge on any atom is 0.258 e. The SMILES string of the molecule is CCc1ccc(N(C)C(=O)c2cccc(-c3ccc(C)cc3)c2)cc1. The number of nitrogens with zero attached hydrogens (tertiary/aromatic N) is 1. The molecule has 0 heterocycles. The highest BCUT2D eigenvalue weighted by molar-refractivity contribution is 6.06. The lowest BCUT2D eigenvalue weighted by atomic mass is 10.0. The minimum absolute atomic E-state index is 0.00166. The Labute approximate surface area is 149 Å². The summed E-state index contributed by atoms with van der Waals surface area (Å²) >= 11 is 0. The van der Waals surface area contributed by atoms with Crippen molar-refractivity contribution in [1.82, 2.24) is 0 Å². The Morgan fingerprint density at radius 3 is 2.20 bits per heavy atom. The number of carbonyl (C=O) groups excluding carboxylic acids is 1. The van der Waals surface area contributed by atoms with Crippen LogP contribution in [-0.2, 0) is 6.42 Å². The van der Waals surface area contributed by atoms with Crippen molar-refractivity contribution < 1.29 is 4.79 Å². The van der Waals surface area contributed by atoms with E-state index in [2.05, 4.69) is 50.2 Å². The highest BCUT2D eigenvalue weighted by Crippen LogP contribution is 2.23. The van der Waals surface area contributed by atoms with Crippen LogP contribution in [0.3, 0.4) is 0 Å². The molecule has 0 aliphatic rings. The van der Waals surface area contributed by atoms with Gasteiger partial charge in [-0.1, -0.05) is 61.0 Å². The van der Waals surface area contributed by atoms with Gasteiger partial charge in [-0.25, -0.2) is 0 Å². The molecule has 0 radical (unpaired) electrons. The van der Waals surface area contributed by atoms with Crippen molar-refractivity contribution >= 4 is 11.6 Å². The quantitative estimate of drug-likeness (QED) is 0.619. The van der Waals surface area contributed by atoms with Gasteiger partial charge in [-0.2, -0.15) is 0 Å². The van der Waals surface area contributed by atoms with Crippen LogP contribution in [0.5, 0.6) is 0 Å². The molecule has 3 aromatic carbocycles. The van der Waals surface area contributed by atoms with E-state index in [0.29, 0.717) is 5.56 Å². The molecule has 0 N–H and O–H groups in total. The molecule has 3 rings (SSSR count). The third-order valence-electron chi connectivity index (χ3n) is 4.53. The molecule has 2 nitrogen and oxygen atoms in total. The molecule has 0 aromatic heterocycles. The van der Waals surface area contributed by atoms with Crippen LogP contribution in [-0.4, -0.2) is 13.0 Å². The van der Waals surface area contributed by atoms with Gasteiger partial charge in [0.05, 0.1) is 0 Å². The summed E-state index contributed by atoms with van der Waals surface area (Å²) in [5.74, 6) is -0.00166. The van der Waals surface area contributed by atoms with Crippen LogP contribution in [0.25, 0.3) is 11.1 Å². The molecule has 3 aromatic rings. The number of rotatable bonds is 4. The van der Waals surface area contributed by atoms with Crippen LogP contribution in [0.15, 0.2) is 72.8 Å². The minimum Gasteiger partial charge on any atom is -0.311 e. The maximum atomic E-state index is 12.9. The predicted molar refractivity (Wildman–Crippen MR) is 105 cm³/mol. The standard InChI is InChI=1S/C23H23NO/c1-4-18-10-14-22(15-11-18)24(3)23(25)21-7-5-6-20(16-21)19-12-8-17(2)9-13-19/h5-16H,4H2,1-3H3. The summed E-state index contributed by atoms with van der Waals surface area (Å²) < 4.78 is 0. The number of hydrogen-bond acceptors (Lipinski definition) is 1. The molecule has 0 aliphatic heterocycles. The van der Waals surface area contributed by atoms with E-state index in [0.717, 1.165) is 23.2 Å². The molecule has 0 unspecified atom stereocenters. The van der Waals surface area contributed by atoms with E-state index in [1.165, 1.54) is 11.1 Å². The fourth-order valence-corrected chi connectivity index (χ4v) is 2.84. The predicted octanol–water partition coefficient (Wildman–Crippen LogP) is 5.50. The second-order valence-electron chi connectivity index (χ2n) is 6.33. The molecule has 126 valence electrons. The Morgan fingerprint density at radius 2 is 1.56 bits per heavy atom. The van der Waals surface area contributed by atoms with Crippen molar-refractivity contribution in [2.24, 2.45) is 0 Å². The fraction of sp³-hybridized carbons (Fsp3) is 0.174. The van der Waals surface area contributed by atoms with E-state index in [4.69, 9.17) is 0 Å². The average molecular weight is 329 g/mol. The number of hydrogen-bond donors (Lipinski definition) is 0. The summed E-state index contributed by atoms with van der Waals surface area (Å²) in [4.78, 5) is 14.6. The monoisotopic (exact) mass is 329 g/mol. The first-order chi connectivity index (χ1) is 12.1. The van der Waals surface area contributed by atoms with Gasteiger partial charge in [0.2, 0.25) is 0 Å². The largest absolute Gasteiger partial charge is 0.311 e. The normalized spacial score (nSPS) is 10.5. The zero-order chi connectivity index (χ0) is 17.8. The topological polar surface area (TPSA) is 20.3 Å². The van der Waals surface area contributed by atoms with Gasteiger partial charge in [-0.3, -0.25) is 4.79 Å². The van der Waals surface area contributed by atoms with Gasteiger partial charge in [0, 0.05) is 18.3 Å². The summed E-state index contributed by atoms with van der Waals surface area (Å²) in [6, 6.07) is 24.3. The van der Waals surface area contributed by atoms with Gasteiger partial charge >= 0.3 is 0 Å². The third-order valence-corrected chi connectivity index (χ3v) is 4.53. The van der Waals surface area contributed by atoms with Gasteiger partial charge in [0.15, 0.2) is 0 Å². The van der Waals surface area contributed by atoms with Crippen LogP contribution < -0.4 is 4.90 Å². The average Bonchev–Trinajstić information content (AvgIpc) is 2.67. The Bertz CT molecular complexity index is 863. The maximum absolute atomic E-state index is 12.9. The highest BCUT2D eigenvalue weighted by Gasteiger charge is 2.14. The number of aryl methyl sites for hydroxylation is 2. The molecule has 0 bridgehead atoms. The molecule has 0 saturated heterocycles. The van der Waals surface area contributed by atoms with E-state index in [1.807, 2.05) is 43.4 Å². The molecule has 0 aliphatic carbocycles. The molecule has 1 amide bonds. The van der Waals surface area contributed by atoms with Crippen LogP contribution in [0.2, 0.25) is 0 Å². The Morgan fingerprint density at radius 1 is 0.880 bits per heavy atom. The van der Waals surface area contributed by atoms with E-state index in [9.17, 15) is 4.79 Å². The molecule has 0 spiro atoms. The smallest absolute Gasteiger partial charge is 0.258 e. The van der Waals surface area contributed by atoms with Crippen molar-refractivity contribution in [2.75, 3.05) is 11.9 Å². The zero-order valence-electron chi connectivity index (χ0n) is 15.0. The second-order valence-corrected chi connectivity index (χ2v) is 6.33. The molecular weight excluding hydrogens is 306 g/mol.